The van der Waals surface area contributed by atoms with Crippen molar-refractivity contribution in [2.45, 2.75) is 81.1 Å². The predicted molar refractivity (Wildman–Crippen MR) is 145 cm³/mol. The third-order valence-electron chi connectivity index (χ3n) is 8.51. The summed E-state index contributed by atoms with van der Waals surface area (Å²) in [6, 6.07) is 6.07. The van der Waals surface area contributed by atoms with Crippen LogP contribution >= 0.6 is 24.2 Å². The van der Waals surface area contributed by atoms with Gasteiger partial charge in [0.05, 0.1) is 5.56 Å². The summed E-state index contributed by atoms with van der Waals surface area (Å²) in [5, 5.41) is 12.9. The second kappa shape index (κ2) is 11.8. The number of hydrogen-bond donors (Lipinski definition) is 1. The molecule has 2 heterocycles. The summed E-state index contributed by atoms with van der Waals surface area (Å²) < 4.78 is 40.7. The molecule has 6 nitrogen and oxygen atoms in total. The van der Waals surface area contributed by atoms with Gasteiger partial charge in [0, 0.05) is 38.2 Å². The van der Waals surface area contributed by atoms with E-state index >= 15 is 0 Å². The quantitative estimate of drug-likeness (QED) is 0.321. The number of nitrogens with one attached hydrogen (secondary N) is 1. The highest BCUT2D eigenvalue weighted by molar-refractivity contribution is 7.99. The molecule has 1 spiro atoms. The number of hydrogen-bond acceptors (Lipinski definition) is 5. The van der Waals surface area contributed by atoms with E-state index in [2.05, 4.69) is 32.0 Å². The summed E-state index contributed by atoms with van der Waals surface area (Å²) in [7, 11) is 2.05. The Labute approximate surface area is 232 Å². The van der Waals surface area contributed by atoms with E-state index in [4.69, 9.17) is 0 Å². The number of rotatable bonds is 8. The zero-order valence-electron chi connectivity index (χ0n) is 22.0. The molecule has 2 saturated carbocycles. The topological polar surface area (TPSA) is 63.1 Å². The van der Waals surface area contributed by atoms with Crippen LogP contribution in [0.5, 0.6) is 0 Å². The molecule has 2 atom stereocenters. The molecule has 1 N–H and O–H groups in total. The molecule has 3 aliphatic rings. The molecule has 1 aromatic carbocycles. The first kappa shape index (κ1) is 29.2. The van der Waals surface area contributed by atoms with Gasteiger partial charge in [-0.1, -0.05) is 23.9 Å². The molecule has 210 valence electrons. The molecule has 11 heteroatoms. The molecular formula is C27H37ClF3N5OS. The molecule has 1 saturated heterocycles. The van der Waals surface area contributed by atoms with E-state index < -0.39 is 11.7 Å². The number of amides is 1. The fourth-order valence-electron chi connectivity index (χ4n) is 6.39. The van der Waals surface area contributed by atoms with Gasteiger partial charge in [0.25, 0.3) is 0 Å². The van der Waals surface area contributed by atoms with Crippen molar-refractivity contribution in [3.05, 3.63) is 41.2 Å². The Morgan fingerprint density at radius 2 is 1.87 bits per heavy atom. The van der Waals surface area contributed by atoms with Crippen molar-refractivity contribution >= 4 is 30.1 Å². The van der Waals surface area contributed by atoms with Crippen molar-refractivity contribution in [2.75, 3.05) is 25.4 Å². The van der Waals surface area contributed by atoms with Gasteiger partial charge in [0.2, 0.25) is 5.91 Å². The van der Waals surface area contributed by atoms with Crippen molar-refractivity contribution < 1.29 is 18.0 Å². The Hall–Kier alpha value is -1.78. The number of likely N-dealkylation sites (tertiary alicyclic amines) is 1. The average molecular weight is 572 g/mol. The zero-order valence-corrected chi connectivity index (χ0v) is 23.6. The fourth-order valence-corrected chi connectivity index (χ4v) is 7.23. The Morgan fingerprint density at radius 1 is 1.16 bits per heavy atom. The number of benzene rings is 1. The number of halogens is 4. The number of carbonyl (C=O) groups is 1. The van der Waals surface area contributed by atoms with Crippen LogP contribution in [0.3, 0.4) is 0 Å². The Bertz CT molecular complexity index is 1100. The summed E-state index contributed by atoms with van der Waals surface area (Å²) in [5.41, 5.74) is 0.734. The lowest BCUT2D eigenvalue weighted by Gasteiger charge is -2.28. The standard InChI is InChI=1S/C27H36F3N5OS.ClH/c1-18(36)31-22-10-6-20(7-11-22)24-32-33-25(34(24)2)37-15-3-13-35-14-12-26(17-35)16-23(26)19-4-8-21(9-5-19)27(28,29)30;/h4-5,8-9,20,22-23H,3,6-7,10-17H2,1-2H3,(H,31,36);1H/t20?,22?,23?,26-;/m0./s1. The molecule has 2 aliphatic carbocycles. The maximum Gasteiger partial charge on any atom is 0.416 e. The minimum Gasteiger partial charge on any atom is -0.354 e. The number of carbonyl (C=O) groups excluding carboxylic acids is 1. The SMILES string of the molecule is CC(=O)NC1CCC(c2nnc(SCCCN3CC[C@]4(CC4c4ccc(C(F)(F)F)cc4)C3)n2C)CC1.Cl. The first-order chi connectivity index (χ1) is 17.6. The zero-order chi connectivity index (χ0) is 26.2. The molecule has 2 aromatic rings. The van der Waals surface area contributed by atoms with Gasteiger partial charge < -0.3 is 14.8 Å². The van der Waals surface area contributed by atoms with E-state index in [-0.39, 0.29) is 29.8 Å². The summed E-state index contributed by atoms with van der Waals surface area (Å²) in [4.78, 5) is 13.8. The minimum absolute atomic E-state index is 0. The molecule has 1 amide bonds. The van der Waals surface area contributed by atoms with Gasteiger partial charge in [-0.15, -0.1) is 22.6 Å². The van der Waals surface area contributed by atoms with Crippen molar-refractivity contribution in [1.29, 1.82) is 0 Å². The second-order valence-electron chi connectivity index (χ2n) is 11.1. The van der Waals surface area contributed by atoms with Gasteiger partial charge in [0.15, 0.2) is 5.16 Å². The largest absolute Gasteiger partial charge is 0.416 e. The van der Waals surface area contributed by atoms with Crippen LogP contribution in [0.1, 0.15) is 80.7 Å². The second-order valence-corrected chi connectivity index (χ2v) is 12.2. The molecule has 38 heavy (non-hydrogen) atoms. The molecule has 0 bridgehead atoms. The highest BCUT2D eigenvalue weighted by Crippen LogP contribution is 2.64. The molecule has 0 radical (unpaired) electrons. The number of alkyl halides is 3. The van der Waals surface area contributed by atoms with Crippen LogP contribution in [0.2, 0.25) is 0 Å². The Balaban J connectivity index is 0.00000336. The summed E-state index contributed by atoms with van der Waals surface area (Å²) in [6.45, 7) is 4.72. The van der Waals surface area contributed by atoms with Gasteiger partial charge in [-0.2, -0.15) is 13.2 Å². The third kappa shape index (κ3) is 6.50. The summed E-state index contributed by atoms with van der Waals surface area (Å²) in [6.07, 6.45) is 3.00. The molecule has 5 rings (SSSR count). The van der Waals surface area contributed by atoms with E-state index in [1.807, 2.05) is 0 Å². The Kier molecular flexibility index (Phi) is 9.04. The highest BCUT2D eigenvalue weighted by atomic mass is 35.5. The fraction of sp³-hybridized carbons (Fsp3) is 0.667. The van der Waals surface area contributed by atoms with Crippen LogP contribution in [0.25, 0.3) is 0 Å². The van der Waals surface area contributed by atoms with Crippen LogP contribution in [-0.4, -0.2) is 57.0 Å². The van der Waals surface area contributed by atoms with Crippen LogP contribution in [0, 0.1) is 5.41 Å². The lowest BCUT2D eigenvalue weighted by Crippen LogP contribution is -2.36. The van der Waals surface area contributed by atoms with Crippen LogP contribution in [0.15, 0.2) is 29.4 Å². The summed E-state index contributed by atoms with van der Waals surface area (Å²) in [5.74, 6) is 2.86. The van der Waals surface area contributed by atoms with Gasteiger partial charge in [-0.25, -0.2) is 0 Å². The van der Waals surface area contributed by atoms with E-state index in [0.717, 1.165) is 86.9 Å². The molecule has 1 aromatic heterocycles. The molecule has 1 aliphatic heterocycles. The number of nitrogens with zero attached hydrogens (tertiary/aromatic N) is 4. The van der Waals surface area contributed by atoms with Crippen molar-refractivity contribution in [3.8, 4) is 0 Å². The van der Waals surface area contributed by atoms with Gasteiger partial charge >= 0.3 is 6.18 Å². The highest BCUT2D eigenvalue weighted by Gasteiger charge is 2.57. The predicted octanol–water partition coefficient (Wildman–Crippen LogP) is 5.78. The maximum atomic E-state index is 12.9. The Morgan fingerprint density at radius 3 is 2.53 bits per heavy atom. The van der Waals surface area contributed by atoms with Gasteiger partial charge in [0.1, 0.15) is 5.82 Å². The van der Waals surface area contributed by atoms with E-state index in [1.165, 1.54) is 12.1 Å². The van der Waals surface area contributed by atoms with Crippen LogP contribution in [-0.2, 0) is 18.0 Å². The van der Waals surface area contributed by atoms with Crippen LogP contribution in [0.4, 0.5) is 13.2 Å². The maximum absolute atomic E-state index is 12.9. The van der Waals surface area contributed by atoms with E-state index in [1.54, 1.807) is 30.8 Å². The van der Waals surface area contributed by atoms with E-state index in [0.29, 0.717) is 11.8 Å². The van der Waals surface area contributed by atoms with Crippen LogP contribution < -0.4 is 5.32 Å². The smallest absolute Gasteiger partial charge is 0.354 e. The molecular weight excluding hydrogens is 535 g/mol. The minimum atomic E-state index is -4.28. The van der Waals surface area contributed by atoms with Gasteiger partial charge in [-0.05, 0) is 87.1 Å². The third-order valence-corrected chi connectivity index (χ3v) is 9.62. The van der Waals surface area contributed by atoms with Crippen molar-refractivity contribution in [2.24, 2.45) is 12.5 Å². The normalized spacial score (nSPS) is 27.3. The number of aromatic nitrogens is 3. The van der Waals surface area contributed by atoms with E-state index in [9.17, 15) is 18.0 Å². The van der Waals surface area contributed by atoms with Crippen molar-refractivity contribution in [1.82, 2.24) is 25.0 Å². The molecule has 1 unspecified atom stereocenters. The summed E-state index contributed by atoms with van der Waals surface area (Å²) >= 11 is 1.75. The molecule has 3 fully saturated rings. The monoisotopic (exact) mass is 571 g/mol. The first-order valence-electron chi connectivity index (χ1n) is 13.3. The average Bonchev–Trinajstić information content (AvgIpc) is 3.20. The van der Waals surface area contributed by atoms with Crippen molar-refractivity contribution in [3.63, 3.8) is 0 Å². The lowest BCUT2D eigenvalue weighted by atomic mass is 9.85. The van der Waals surface area contributed by atoms with Gasteiger partial charge in [-0.3, -0.25) is 4.79 Å². The number of thioether (sulfide) groups is 1. The first-order valence-corrected chi connectivity index (χ1v) is 14.3. The lowest BCUT2D eigenvalue weighted by molar-refractivity contribution is -0.137.